The minimum Gasteiger partial charge on any atom is -0.490 e. The van der Waals surface area contributed by atoms with E-state index in [0.717, 1.165) is 12.0 Å². The summed E-state index contributed by atoms with van der Waals surface area (Å²) >= 11 is 0. The molecule has 4 rings (SSSR count). The van der Waals surface area contributed by atoms with Crippen LogP contribution in [-0.4, -0.2) is 31.4 Å². The smallest absolute Gasteiger partial charge is 0.344 e. The van der Waals surface area contributed by atoms with E-state index in [9.17, 15) is 9.59 Å². The summed E-state index contributed by atoms with van der Waals surface area (Å²) in [5.41, 5.74) is 1.57. The van der Waals surface area contributed by atoms with Gasteiger partial charge in [-0.2, -0.15) is 0 Å². The van der Waals surface area contributed by atoms with E-state index in [-0.39, 0.29) is 12.0 Å². The van der Waals surface area contributed by atoms with Crippen molar-refractivity contribution in [2.75, 3.05) is 19.8 Å². The number of fused-ring (bicyclic) bond motifs is 2. The van der Waals surface area contributed by atoms with Crippen molar-refractivity contribution < 1.29 is 28.2 Å². The Labute approximate surface area is 192 Å². The van der Waals surface area contributed by atoms with Crippen LogP contribution in [-0.2, 0) is 16.0 Å². The number of ether oxygens (including phenoxy) is 4. The molecule has 2 aromatic carbocycles. The highest BCUT2D eigenvalue weighted by molar-refractivity contribution is 5.84. The molecule has 33 heavy (non-hydrogen) atoms. The molecule has 0 aliphatic carbocycles. The zero-order valence-electron chi connectivity index (χ0n) is 19.4. The zero-order chi connectivity index (χ0) is 23.6. The van der Waals surface area contributed by atoms with Crippen LogP contribution in [0.3, 0.4) is 0 Å². The molecule has 0 N–H and O–H groups in total. The van der Waals surface area contributed by atoms with Gasteiger partial charge in [-0.1, -0.05) is 13.0 Å². The Bertz CT molecular complexity index is 1230. The lowest BCUT2D eigenvalue weighted by Crippen LogP contribution is -2.27. The van der Waals surface area contributed by atoms with Gasteiger partial charge in [0.05, 0.1) is 24.2 Å². The molecule has 0 fully saturated rings. The number of esters is 1. The minimum atomic E-state index is -0.590. The van der Waals surface area contributed by atoms with Crippen LogP contribution < -0.4 is 19.6 Å². The topological polar surface area (TPSA) is 84.2 Å². The van der Waals surface area contributed by atoms with E-state index in [0.29, 0.717) is 59.0 Å². The summed E-state index contributed by atoms with van der Waals surface area (Å²) in [6.45, 7) is 8.29. The van der Waals surface area contributed by atoms with Gasteiger partial charge in [0.15, 0.2) is 18.1 Å². The van der Waals surface area contributed by atoms with Gasteiger partial charge in [0.1, 0.15) is 23.2 Å². The molecule has 0 saturated carbocycles. The van der Waals surface area contributed by atoms with Crippen molar-refractivity contribution in [3.8, 4) is 28.4 Å². The molecule has 0 unspecified atom stereocenters. The largest absolute Gasteiger partial charge is 0.490 e. The minimum absolute atomic E-state index is 0.154. The van der Waals surface area contributed by atoms with Crippen molar-refractivity contribution in [3.05, 3.63) is 52.4 Å². The molecular formula is C26H28O7. The van der Waals surface area contributed by atoms with Crippen molar-refractivity contribution in [1.82, 2.24) is 0 Å². The molecule has 0 radical (unpaired) electrons. The first kappa shape index (κ1) is 22.7. The molecule has 7 heteroatoms. The third-order valence-corrected chi connectivity index (χ3v) is 5.16. The first-order valence-corrected chi connectivity index (χ1v) is 11.1. The van der Waals surface area contributed by atoms with Crippen LogP contribution in [0.5, 0.6) is 17.2 Å². The SMILES string of the molecule is CCc1cc2c(=O)c(-c3ccc4c(c3)OCCCO4)coc2cc1OCC(=O)OC(C)(C)C. The van der Waals surface area contributed by atoms with Gasteiger partial charge in [0, 0.05) is 12.5 Å². The van der Waals surface area contributed by atoms with E-state index >= 15 is 0 Å². The lowest BCUT2D eigenvalue weighted by molar-refractivity contribution is -0.157. The standard InChI is InChI=1S/C26H28O7/c1-5-16-11-18-22(13-21(16)32-15-24(27)33-26(2,3)4)31-14-19(25(18)28)17-7-8-20-23(12-17)30-10-6-9-29-20/h7-8,11-14H,5-6,9-10,15H2,1-4H3. The Hall–Kier alpha value is -3.48. The maximum absolute atomic E-state index is 13.3. The van der Waals surface area contributed by atoms with Gasteiger partial charge >= 0.3 is 5.97 Å². The van der Waals surface area contributed by atoms with Gasteiger partial charge in [0.25, 0.3) is 0 Å². The van der Waals surface area contributed by atoms with Crippen LogP contribution in [0.25, 0.3) is 22.1 Å². The second-order valence-electron chi connectivity index (χ2n) is 8.88. The molecule has 0 atom stereocenters. The number of hydrogen-bond acceptors (Lipinski definition) is 7. The normalized spacial score (nSPS) is 13.5. The van der Waals surface area contributed by atoms with Crippen LogP contribution in [0.2, 0.25) is 0 Å². The predicted octanol–water partition coefficient (Wildman–Crippen LogP) is 4.90. The first-order valence-electron chi connectivity index (χ1n) is 11.1. The summed E-state index contributed by atoms with van der Waals surface area (Å²) in [5, 5.41) is 0.445. The van der Waals surface area contributed by atoms with Crippen LogP contribution in [0.1, 0.15) is 39.7 Å². The summed E-state index contributed by atoms with van der Waals surface area (Å²) in [6.07, 6.45) is 2.86. The fraction of sp³-hybridized carbons (Fsp3) is 0.385. The van der Waals surface area contributed by atoms with Crippen LogP contribution in [0, 0.1) is 0 Å². The maximum Gasteiger partial charge on any atom is 0.344 e. The molecule has 0 amide bonds. The van der Waals surface area contributed by atoms with Crippen molar-refractivity contribution in [3.63, 3.8) is 0 Å². The summed E-state index contributed by atoms with van der Waals surface area (Å²) in [7, 11) is 0. The summed E-state index contributed by atoms with van der Waals surface area (Å²) < 4.78 is 28.2. The molecule has 174 valence electrons. The Kier molecular flexibility index (Phi) is 6.31. The Morgan fingerprint density at radius 3 is 2.55 bits per heavy atom. The molecule has 0 spiro atoms. The zero-order valence-corrected chi connectivity index (χ0v) is 19.4. The molecule has 0 saturated heterocycles. The Morgan fingerprint density at radius 1 is 1.06 bits per heavy atom. The maximum atomic E-state index is 13.3. The molecule has 2 heterocycles. The van der Waals surface area contributed by atoms with Crippen LogP contribution in [0.4, 0.5) is 0 Å². The number of aryl methyl sites for hydroxylation is 1. The van der Waals surface area contributed by atoms with Crippen LogP contribution in [0.15, 0.2) is 45.8 Å². The predicted molar refractivity (Wildman–Crippen MR) is 124 cm³/mol. The van der Waals surface area contributed by atoms with Crippen molar-refractivity contribution in [2.24, 2.45) is 0 Å². The molecule has 3 aromatic rings. The van der Waals surface area contributed by atoms with E-state index in [2.05, 4.69) is 0 Å². The summed E-state index contributed by atoms with van der Waals surface area (Å²) in [5.74, 6) is 1.31. The van der Waals surface area contributed by atoms with Gasteiger partial charge < -0.3 is 23.4 Å². The second kappa shape index (κ2) is 9.17. The number of rotatable bonds is 5. The highest BCUT2D eigenvalue weighted by Crippen LogP contribution is 2.34. The number of hydrogen-bond donors (Lipinski definition) is 0. The Morgan fingerprint density at radius 2 is 1.82 bits per heavy atom. The second-order valence-corrected chi connectivity index (χ2v) is 8.88. The third kappa shape index (κ3) is 5.13. The molecule has 1 aromatic heterocycles. The van der Waals surface area contributed by atoms with E-state index in [1.807, 2.05) is 19.1 Å². The number of benzene rings is 2. The molecule has 7 nitrogen and oxygen atoms in total. The average molecular weight is 453 g/mol. The molecule has 1 aliphatic rings. The molecular weight excluding hydrogens is 424 g/mol. The van der Waals surface area contributed by atoms with Crippen LogP contribution >= 0.6 is 0 Å². The van der Waals surface area contributed by atoms with Gasteiger partial charge in [-0.05, 0) is 56.5 Å². The van der Waals surface area contributed by atoms with Gasteiger partial charge in [-0.25, -0.2) is 4.79 Å². The first-order chi connectivity index (χ1) is 15.7. The summed E-state index contributed by atoms with van der Waals surface area (Å²) in [6, 6.07) is 8.85. The van der Waals surface area contributed by atoms with Crippen molar-refractivity contribution in [2.45, 2.75) is 46.1 Å². The Balaban J connectivity index is 1.66. The van der Waals surface area contributed by atoms with E-state index < -0.39 is 11.6 Å². The van der Waals surface area contributed by atoms with Gasteiger partial charge in [0.2, 0.25) is 5.43 Å². The van der Waals surface area contributed by atoms with E-state index in [1.165, 1.54) is 6.26 Å². The van der Waals surface area contributed by atoms with Gasteiger partial charge in [-0.3, -0.25) is 4.79 Å². The van der Waals surface area contributed by atoms with Crippen molar-refractivity contribution >= 4 is 16.9 Å². The highest BCUT2D eigenvalue weighted by Gasteiger charge is 2.19. The number of carbonyl (C=O) groups excluding carboxylic acids is 1. The summed E-state index contributed by atoms with van der Waals surface area (Å²) in [4.78, 5) is 25.4. The lowest BCUT2D eigenvalue weighted by Gasteiger charge is -2.20. The lowest BCUT2D eigenvalue weighted by atomic mass is 10.0. The van der Waals surface area contributed by atoms with E-state index in [1.54, 1.807) is 39.0 Å². The van der Waals surface area contributed by atoms with Gasteiger partial charge in [-0.15, -0.1) is 0 Å². The molecule has 1 aliphatic heterocycles. The fourth-order valence-corrected chi connectivity index (χ4v) is 3.65. The van der Waals surface area contributed by atoms with E-state index in [4.69, 9.17) is 23.4 Å². The van der Waals surface area contributed by atoms with Crippen molar-refractivity contribution in [1.29, 1.82) is 0 Å². The fourth-order valence-electron chi connectivity index (χ4n) is 3.65. The third-order valence-electron chi connectivity index (χ3n) is 5.16. The monoisotopic (exact) mass is 452 g/mol. The average Bonchev–Trinajstić information content (AvgIpc) is 3.01. The molecule has 0 bridgehead atoms. The quantitative estimate of drug-likeness (QED) is 0.509. The number of carbonyl (C=O) groups is 1. The highest BCUT2D eigenvalue weighted by atomic mass is 16.6.